The molecule has 4 nitrogen and oxygen atoms in total. The van der Waals surface area contributed by atoms with Crippen LogP contribution in [0.25, 0.3) is 0 Å². The summed E-state index contributed by atoms with van der Waals surface area (Å²) in [5, 5.41) is 0. The Bertz CT molecular complexity index is 426. The van der Waals surface area contributed by atoms with Crippen LogP contribution in [0.1, 0.15) is 44.9 Å². The van der Waals surface area contributed by atoms with Gasteiger partial charge in [-0.3, -0.25) is 9.59 Å². The fourth-order valence-corrected chi connectivity index (χ4v) is 4.37. The first kappa shape index (κ1) is 11.7. The van der Waals surface area contributed by atoms with Crippen molar-refractivity contribution < 1.29 is 9.59 Å². The highest BCUT2D eigenvalue weighted by atomic mass is 16.2. The van der Waals surface area contributed by atoms with Gasteiger partial charge in [-0.1, -0.05) is 6.42 Å². The summed E-state index contributed by atoms with van der Waals surface area (Å²) in [5.74, 6) is 1.13. The van der Waals surface area contributed by atoms with Crippen LogP contribution in [0.2, 0.25) is 0 Å². The minimum Gasteiger partial charge on any atom is -0.337 e. The number of carbonyl (C=O) groups is 2. The summed E-state index contributed by atoms with van der Waals surface area (Å²) in [6.45, 7) is 2.07. The summed E-state index contributed by atoms with van der Waals surface area (Å²) < 4.78 is 0. The number of likely N-dealkylation sites (tertiary alicyclic amines) is 2. The number of hydrogen-bond acceptors (Lipinski definition) is 2. The topological polar surface area (TPSA) is 40.6 Å². The van der Waals surface area contributed by atoms with Crippen molar-refractivity contribution in [1.82, 2.24) is 9.80 Å². The smallest absolute Gasteiger partial charge is 0.242 e. The zero-order chi connectivity index (χ0) is 13.0. The fraction of sp³-hybridized carbons (Fsp3) is 0.867. The van der Waals surface area contributed by atoms with Gasteiger partial charge in [0, 0.05) is 31.0 Å². The van der Waals surface area contributed by atoms with Gasteiger partial charge in [0.1, 0.15) is 0 Å². The molecule has 2 saturated carbocycles. The highest BCUT2D eigenvalue weighted by Crippen LogP contribution is 2.59. The van der Waals surface area contributed by atoms with E-state index in [1.54, 1.807) is 4.90 Å². The summed E-state index contributed by atoms with van der Waals surface area (Å²) in [6.07, 6.45) is 8.14. The SMILES string of the molecule is O=C1CCCN1CC(=O)N1CC2(CCC2)[C@@H]1C1CC1. The summed E-state index contributed by atoms with van der Waals surface area (Å²) in [4.78, 5) is 27.9. The lowest BCUT2D eigenvalue weighted by Gasteiger charge is -2.63. The zero-order valence-electron chi connectivity index (χ0n) is 11.4. The van der Waals surface area contributed by atoms with Crippen LogP contribution in [0.4, 0.5) is 0 Å². The lowest BCUT2D eigenvalue weighted by atomic mass is 9.56. The Morgan fingerprint density at radius 2 is 2.05 bits per heavy atom. The maximum atomic E-state index is 12.4. The molecule has 0 unspecified atom stereocenters. The van der Waals surface area contributed by atoms with Crippen molar-refractivity contribution in [3.8, 4) is 0 Å². The number of amides is 2. The van der Waals surface area contributed by atoms with Gasteiger partial charge in [-0.25, -0.2) is 0 Å². The van der Waals surface area contributed by atoms with Gasteiger partial charge >= 0.3 is 0 Å². The van der Waals surface area contributed by atoms with Crippen LogP contribution in [0, 0.1) is 11.3 Å². The Morgan fingerprint density at radius 1 is 1.26 bits per heavy atom. The first-order valence-corrected chi connectivity index (χ1v) is 7.77. The van der Waals surface area contributed by atoms with Crippen molar-refractivity contribution in [1.29, 1.82) is 0 Å². The third-order valence-corrected chi connectivity index (χ3v) is 5.68. The molecule has 4 rings (SSSR count). The molecule has 0 radical (unpaired) electrons. The van der Waals surface area contributed by atoms with Crippen LogP contribution in [-0.2, 0) is 9.59 Å². The second-order valence-electron chi connectivity index (χ2n) is 6.94. The monoisotopic (exact) mass is 262 g/mol. The van der Waals surface area contributed by atoms with E-state index in [-0.39, 0.29) is 11.8 Å². The van der Waals surface area contributed by atoms with Gasteiger partial charge in [0.15, 0.2) is 0 Å². The van der Waals surface area contributed by atoms with Crippen LogP contribution >= 0.6 is 0 Å². The Hall–Kier alpha value is -1.06. The van der Waals surface area contributed by atoms with E-state index in [0.29, 0.717) is 24.4 Å². The molecule has 4 aliphatic rings. The largest absolute Gasteiger partial charge is 0.337 e. The van der Waals surface area contributed by atoms with Crippen LogP contribution in [0.15, 0.2) is 0 Å². The highest BCUT2D eigenvalue weighted by Gasteiger charge is 2.61. The third kappa shape index (κ3) is 1.72. The second-order valence-corrected chi connectivity index (χ2v) is 6.94. The van der Waals surface area contributed by atoms with Crippen molar-refractivity contribution in [3.05, 3.63) is 0 Å². The molecule has 0 aromatic carbocycles. The number of carbonyl (C=O) groups excluding carboxylic acids is 2. The van der Waals surface area contributed by atoms with E-state index in [0.717, 1.165) is 25.4 Å². The minimum absolute atomic E-state index is 0.162. The standard InChI is InChI=1S/C15H22N2O2/c18-12-3-1-8-16(12)9-13(19)17-10-15(6-2-7-15)14(17)11-4-5-11/h11,14H,1-10H2/t14-/m0/s1. The van der Waals surface area contributed by atoms with Crippen molar-refractivity contribution in [3.63, 3.8) is 0 Å². The molecule has 0 bridgehead atoms. The average Bonchev–Trinajstić information content (AvgIpc) is 3.01. The predicted octanol–water partition coefficient (Wildman–Crippen LogP) is 1.40. The number of nitrogens with zero attached hydrogens (tertiary/aromatic N) is 2. The molecule has 104 valence electrons. The maximum absolute atomic E-state index is 12.4. The lowest BCUT2D eigenvalue weighted by molar-refractivity contribution is -0.172. The third-order valence-electron chi connectivity index (χ3n) is 5.68. The molecule has 19 heavy (non-hydrogen) atoms. The molecule has 2 heterocycles. The van der Waals surface area contributed by atoms with E-state index in [4.69, 9.17) is 0 Å². The van der Waals surface area contributed by atoms with Crippen molar-refractivity contribution in [2.45, 2.75) is 51.0 Å². The summed E-state index contributed by atoms with van der Waals surface area (Å²) in [5.41, 5.74) is 0.492. The molecule has 2 amide bonds. The van der Waals surface area contributed by atoms with Gasteiger partial charge in [-0.2, -0.15) is 0 Å². The van der Waals surface area contributed by atoms with Crippen LogP contribution in [-0.4, -0.2) is 47.3 Å². The van der Waals surface area contributed by atoms with E-state index in [2.05, 4.69) is 4.90 Å². The van der Waals surface area contributed by atoms with Gasteiger partial charge in [-0.05, 0) is 38.0 Å². The Morgan fingerprint density at radius 3 is 2.58 bits per heavy atom. The van der Waals surface area contributed by atoms with E-state index >= 15 is 0 Å². The van der Waals surface area contributed by atoms with E-state index in [9.17, 15) is 9.59 Å². The maximum Gasteiger partial charge on any atom is 0.242 e. The molecule has 4 fully saturated rings. The van der Waals surface area contributed by atoms with Crippen molar-refractivity contribution in [2.75, 3.05) is 19.6 Å². The summed E-state index contributed by atoms with van der Waals surface area (Å²) in [6, 6.07) is 0.520. The van der Waals surface area contributed by atoms with Crippen LogP contribution < -0.4 is 0 Å². The molecule has 2 aliphatic heterocycles. The molecule has 0 aromatic rings. The van der Waals surface area contributed by atoms with Crippen molar-refractivity contribution >= 4 is 11.8 Å². The van der Waals surface area contributed by atoms with Crippen LogP contribution in [0.5, 0.6) is 0 Å². The molecule has 2 aliphatic carbocycles. The highest BCUT2D eigenvalue weighted by molar-refractivity contribution is 5.86. The molecular weight excluding hydrogens is 240 g/mol. The first-order chi connectivity index (χ1) is 9.20. The molecular formula is C15H22N2O2. The molecule has 2 saturated heterocycles. The second kappa shape index (κ2) is 3.97. The molecule has 0 aromatic heterocycles. The number of hydrogen-bond donors (Lipinski definition) is 0. The molecule has 1 spiro atoms. The van der Waals surface area contributed by atoms with Gasteiger partial charge in [0.25, 0.3) is 0 Å². The fourth-order valence-electron chi connectivity index (χ4n) is 4.37. The zero-order valence-corrected chi connectivity index (χ0v) is 11.4. The van der Waals surface area contributed by atoms with Gasteiger partial charge in [0.05, 0.1) is 6.54 Å². The Kier molecular flexibility index (Phi) is 2.45. The molecule has 1 atom stereocenters. The van der Waals surface area contributed by atoms with Crippen LogP contribution in [0.3, 0.4) is 0 Å². The molecule has 4 heteroatoms. The minimum atomic E-state index is 0.162. The first-order valence-electron chi connectivity index (χ1n) is 7.77. The van der Waals surface area contributed by atoms with E-state index in [1.165, 1.54) is 32.1 Å². The van der Waals surface area contributed by atoms with Crippen molar-refractivity contribution in [2.24, 2.45) is 11.3 Å². The van der Waals surface area contributed by atoms with Gasteiger partial charge < -0.3 is 9.80 Å². The van der Waals surface area contributed by atoms with Gasteiger partial charge in [-0.15, -0.1) is 0 Å². The summed E-state index contributed by atoms with van der Waals surface area (Å²) >= 11 is 0. The Balaban J connectivity index is 1.41. The van der Waals surface area contributed by atoms with E-state index in [1.807, 2.05) is 0 Å². The van der Waals surface area contributed by atoms with Gasteiger partial charge in [0.2, 0.25) is 11.8 Å². The average molecular weight is 262 g/mol. The summed E-state index contributed by atoms with van der Waals surface area (Å²) in [7, 11) is 0. The Labute approximate surface area is 114 Å². The quantitative estimate of drug-likeness (QED) is 0.771. The normalized spacial score (nSPS) is 32.4. The number of rotatable bonds is 3. The predicted molar refractivity (Wildman–Crippen MR) is 70.3 cm³/mol. The van der Waals surface area contributed by atoms with E-state index < -0.39 is 0 Å². The lowest BCUT2D eigenvalue weighted by Crippen LogP contribution is -2.70. The molecule has 0 N–H and O–H groups in total.